The molecule has 3 rings (SSSR count). The molecule has 3 heterocycles. The second-order valence-electron chi connectivity index (χ2n) is 8.32. The molecule has 3 fully saturated rings. The third-order valence-electron chi connectivity index (χ3n) is 6.06. The highest BCUT2D eigenvalue weighted by atomic mass is 16.8. The third kappa shape index (κ3) is 5.32. The molecule has 0 aromatic rings. The molecule has 33 heavy (non-hydrogen) atoms. The van der Waals surface area contributed by atoms with E-state index < -0.39 is 105 Å². The summed E-state index contributed by atoms with van der Waals surface area (Å²) in [7, 11) is 0. The minimum Gasteiger partial charge on any atom is -0.394 e. The molecule has 0 amide bonds. The topological polar surface area (TPSA) is 248 Å². The Labute approximate surface area is 187 Å². The van der Waals surface area contributed by atoms with E-state index in [9.17, 15) is 51.1 Å². The number of hydrogen-bond donors (Lipinski definition) is 10. The first kappa shape index (κ1) is 27.0. The Hall–Kier alpha value is -0.600. The lowest BCUT2D eigenvalue weighted by atomic mass is 9.96. The molecule has 15 heteroatoms. The van der Waals surface area contributed by atoms with E-state index in [0.29, 0.717) is 0 Å². The van der Waals surface area contributed by atoms with Gasteiger partial charge in [0.05, 0.1) is 19.3 Å². The summed E-state index contributed by atoms with van der Waals surface area (Å²) >= 11 is 0. The van der Waals surface area contributed by atoms with Crippen molar-refractivity contribution in [1.29, 1.82) is 0 Å². The molecule has 0 bridgehead atoms. The highest BCUT2D eigenvalue weighted by Gasteiger charge is 2.53. The molecule has 0 aliphatic carbocycles. The van der Waals surface area contributed by atoms with Crippen LogP contribution in [0.1, 0.15) is 6.92 Å². The Morgan fingerprint density at radius 1 is 0.545 bits per heavy atom. The molecule has 15 nitrogen and oxygen atoms in total. The van der Waals surface area contributed by atoms with Gasteiger partial charge >= 0.3 is 0 Å². The van der Waals surface area contributed by atoms with Gasteiger partial charge in [-0.1, -0.05) is 0 Å². The summed E-state index contributed by atoms with van der Waals surface area (Å²) < 4.78 is 26.7. The second kappa shape index (κ2) is 11.0. The molecular weight excluding hydrogens is 456 g/mol. The van der Waals surface area contributed by atoms with Crippen molar-refractivity contribution in [1.82, 2.24) is 0 Å². The summed E-state index contributed by atoms with van der Waals surface area (Å²) in [6, 6.07) is 0. The zero-order valence-electron chi connectivity index (χ0n) is 17.6. The van der Waals surface area contributed by atoms with Gasteiger partial charge in [0.25, 0.3) is 0 Å². The van der Waals surface area contributed by atoms with Crippen molar-refractivity contribution in [3.05, 3.63) is 0 Å². The van der Waals surface area contributed by atoms with Crippen LogP contribution in [0.4, 0.5) is 0 Å². The Morgan fingerprint density at radius 2 is 1.12 bits per heavy atom. The first-order valence-corrected chi connectivity index (χ1v) is 10.4. The molecule has 10 N–H and O–H groups in total. The van der Waals surface area contributed by atoms with Gasteiger partial charge in [-0.25, -0.2) is 0 Å². The van der Waals surface area contributed by atoms with Crippen LogP contribution in [0, 0.1) is 0 Å². The first-order valence-electron chi connectivity index (χ1n) is 10.4. The summed E-state index contributed by atoms with van der Waals surface area (Å²) in [5.74, 6) is 0. The molecule has 3 aliphatic heterocycles. The van der Waals surface area contributed by atoms with Crippen molar-refractivity contribution in [2.75, 3.05) is 13.2 Å². The van der Waals surface area contributed by atoms with Gasteiger partial charge in [-0.05, 0) is 6.92 Å². The lowest BCUT2D eigenvalue weighted by molar-refractivity contribution is -0.386. The van der Waals surface area contributed by atoms with Gasteiger partial charge in [0.2, 0.25) is 0 Å². The van der Waals surface area contributed by atoms with Crippen LogP contribution < -0.4 is 0 Å². The predicted molar refractivity (Wildman–Crippen MR) is 99.8 cm³/mol. The zero-order chi connectivity index (χ0) is 24.6. The van der Waals surface area contributed by atoms with Gasteiger partial charge in [-0.2, -0.15) is 0 Å². The van der Waals surface area contributed by atoms with Crippen LogP contribution in [0.5, 0.6) is 0 Å². The molecule has 3 saturated heterocycles. The van der Waals surface area contributed by atoms with E-state index in [1.807, 2.05) is 0 Å². The zero-order valence-corrected chi connectivity index (χ0v) is 17.6. The maximum atomic E-state index is 10.6. The van der Waals surface area contributed by atoms with Crippen LogP contribution in [0.2, 0.25) is 0 Å². The Morgan fingerprint density at radius 3 is 1.73 bits per heavy atom. The highest BCUT2D eigenvalue weighted by molar-refractivity contribution is 4.95. The van der Waals surface area contributed by atoms with Gasteiger partial charge in [0.15, 0.2) is 18.9 Å². The summed E-state index contributed by atoms with van der Waals surface area (Å²) in [4.78, 5) is 0. The Balaban J connectivity index is 1.83. The van der Waals surface area contributed by atoms with Crippen LogP contribution in [0.3, 0.4) is 0 Å². The molecule has 0 spiro atoms. The lowest BCUT2D eigenvalue weighted by Crippen LogP contribution is -2.66. The SMILES string of the molecule is C[C@@H]1O[C@@H](O[C@H]2[C@@H](O[C@@H]3[C@@H](O)[C@H](O)O[C@H](CO)[C@@H]3O)O[C@H](CO)[C@H](O)[C@@H]2O)[C@@H](O)[C@H](O)[C@@H]1O. The quantitative estimate of drug-likeness (QED) is 0.167. The molecule has 194 valence electrons. The second-order valence-corrected chi connectivity index (χ2v) is 8.32. The molecule has 0 saturated carbocycles. The Kier molecular flexibility index (Phi) is 8.99. The van der Waals surface area contributed by atoms with Crippen LogP contribution in [-0.4, -0.2) is 156 Å². The van der Waals surface area contributed by atoms with Crippen LogP contribution in [-0.2, 0) is 23.7 Å². The fourth-order valence-electron chi connectivity index (χ4n) is 3.97. The van der Waals surface area contributed by atoms with Gasteiger partial charge in [0.1, 0.15) is 67.1 Å². The minimum absolute atomic E-state index is 0.739. The summed E-state index contributed by atoms with van der Waals surface area (Å²) in [5, 5.41) is 100. The van der Waals surface area contributed by atoms with Crippen LogP contribution in [0.25, 0.3) is 0 Å². The highest BCUT2D eigenvalue weighted by Crippen LogP contribution is 2.32. The normalized spacial score (nSPS) is 53.7. The first-order chi connectivity index (χ1) is 15.5. The Bertz CT molecular complexity index is 626. The smallest absolute Gasteiger partial charge is 0.187 e. The van der Waals surface area contributed by atoms with Gasteiger partial charge in [-0.3, -0.25) is 0 Å². The van der Waals surface area contributed by atoms with Crippen LogP contribution >= 0.6 is 0 Å². The van der Waals surface area contributed by atoms with Crippen molar-refractivity contribution in [2.24, 2.45) is 0 Å². The molecule has 0 aromatic heterocycles. The van der Waals surface area contributed by atoms with E-state index in [4.69, 9.17) is 23.7 Å². The van der Waals surface area contributed by atoms with Crippen molar-refractivity contribution in [3.63, 3.8) is 0 Å². The van der Waals surface area contributed by atoms with Gasteiger partial charge in [-0.15, -0.1) is 0 Å². The molecular formula is C18H32O15. The van der Waals surface area contributed by atoms with Crippen molar-refractivity contribution < 1.29 is 74.7 Å². The largest absolute Gasteiger partial charge is 0.394 e. The van der Waals surface area contributed by atoms with E-state index in [-0.39, 0.29) is 0 Å². The lowest BCUT2D eigenvalue weighted by Gasteiger charge is -2.48. The maximum absolute atomic E-state index is 10.6. The monoisotopic (exact) mass is 488 g/mol. The molecule has 15 atom stereocenters. The number of ether oxygens (including phenoxy) is 5. The number of aliphatic hydroxyl groups is 10. The van der Waals surface area contributed by atoms with E-state index in [0.717, 1.165) is 0 Å². The summed E-state index contributed by atoms with van der Waals surface area (Å²) in [5.41, 5.74) is 0. The molecule has 0 aromatic carbocycles. The minimum atomic E-state index is -1.86. The summed E-state index contributed by atoms with van der Waals surface area (Å²) in [6.07, 6.45) is -24.2. The third-order valence-corrected chi connectivity index (χ3v) is 6.06. The summed E-state index contributed by atoms with van der Waals surface area (Å²) in [6.45, 7) is -0.118. The van der Waals surface area contributed by atoms with E-state index in [1.54, 1.807) is 0 Å². The van der Waals surface area contributed by atoms with E-state index in [1.165, 1.54) is 6.92 Å². The fraction of sp³-hybridized carbons (Fsp3) is 1.00. The number of rotatable bonds is 6. The predicted octanol–water partition coefficient (Wildman–Crippen LogP) is -6.55. The molecule has 0 radical (unpaired) electrons. The van der Waals surface area contributed by atoms with Crippen LogP contribution in [0.15, 0.2) is 0 Å². The molecule has 0 unspecified atom stereocenters. The average Bonchev–Trinajstić information content (AvgIpc) is 2.79. The average molecular weight is 488 g/mol. The standard InChI is InChI=1S/C18H32O15/c1-4-7(21)10(24)12(26)17(29-4)33-15-11(25)8(22)5(2-19)31-18(15)32-14-9(23)6(3-20)30-16(28)13(14)27/h4-28H,2-3H2,1H3/t4-,5+,6+,7+,8-,9-,10+,11-,12-,13+,14-,15+,16+,17-,18+/m0/s1. The molecule has 3 aliphatic rings. The maximum Gasteiger partial charge on any atom is 0.187 e. The number of hydrogen-bond acceptors (Lipinski definition) is 15. The number of aliphatic hydroxyl groups excluding tert-OH is 10. The fourth-order valence-corrected chi connectivity index (χ4v) is 3.97. The van der Waals surface area contributed by atoms with Crippen molar-refractivity contribution in [3.8, 4) is 0 Å². The van der Waals surface area contributed by atoms with Crippen molar-refractivity contribution in [2.45, 2.75) is 99.0 Å². The van der Waals surface area contributed by atoms with Gasteiger partial charge in [0, 0.05) is 0 Å². The van der Waals surface area contributed by atoms with E-state index in [2.05, 4.69) is 0 Å². The van der Waals surface area contributed by atoms with Gasteiger partial charge < -0.3 is 74.7 Å². The van der Waals surface area contributed by atoms with E-state index >= 15 is 0 Å². The van der Waals surface area contributed by atoms with Crippen molar-refractivity contribution >= 4 is 0 Å².